The Kier molecular flexibility index (Phi) is 4.47. The minimum atomic E-state index is -0.110. The molecular formula is C13H16Cl2N4. The lowest BCUT2D eigenvalue weighted by Gasteiger charge is -2.18. The molecule has 1 heterocycles. The quantitative estimate of drug-likeness (QED) is 0.674. The van der Waals surface area contributed by atoms with Gasteiger partial charge in [0.15, 0.2) is 0 Å². The molecule has 0 spiro atoms. The van der Waals surface area contributed by atoms with Gasteiger partial charge in [-0.2, -0.15) is 5.10 Å². The number of aryl methyl sites for hydroxylation is 2. The lowest BCUT2D eigenvalue weighted by Crippen LogP contribution is -2.30. The summed E-state index contributed by atoms with van der Waals surface area (Å²) in [5.41, 5.74) is 5.73. The van der Waals surface area contributed by atoms with Gasteiger partial charge < -0.3 is 0 Å². The van der Waals surface area contributed by atoms with E-state index in [9.17, 15) is 0 Å². The molecule has 0 fully saturated rings. The lowest BCUT2D eigenvalue weighted by atomic mass is 10.0. The van der Waals surface area contributed by atoms with Crippen LogP contribution >= 0.6 is 23.2 Å². The summed E-state index contributed by atoms with van der Waals surface area (Å²) in [5, 5.41) is 5.61. The zero-order valence-corrected chi connectivity index (χ0v) is 12.3. The smallest absolute Gasteiger partial charge is 0.0596 e. The predicted octanol–water partition coefficient (Wildman–Crippen LogP) is 2.78. The average Bonchev–Trinajstić information content (AvgIpc) is 2.68. The first-order chi connectivity index (χ1) is 9.01. The van der Waals surface area contributed by atoms with Crippen molar-refractivity contribution >= 4 is 23.2 Å². The fraction of sp³-hybridized carbons (Fsp3) is 0.308. The summed E-state index contributed by atoms with van der Waals surface area (Å²) < 4.78 is 1.85. The molecule has 0 saturated heterocycles. The van der Waals surface area contributed by atoms with Crippen LogP contribution in [0.1, 0.15) is 23.0 Å². The van der Waals surface area contributed by atoms with Crippen molar-refractivity contribution in [2.75, 3.05) is 0 Å². The lowest BCUT2D eigenvalue weighted by molar-refractivity contribution is 0.530. The first kappa shape index (κ1) is 14.3. The van der Waals surface area contributed by atoms with Gasteiger partial charge in [0, 0.05) is 29.2 Å². The Hall–Kier alpha value is -1.07. The summed E-state index contributed by atoms with van der Waals surface area (Å²) in [7, 11) is 1.91. The monoisotopic (exact) mass is 298 g/mol. The molecule has 3 N–H and O–H groups in total. The van der Waals surface area contributed by atoms with Gasteiger partial charge >= 0.3 is 0 Å². The number of halogens is 2. The number of hydrazine groups is 1. The van der Waals surface area contributed by atoms with E-state index in [0.717, 1.165) is 17.0 Å². The van der Waals surface area contributed by atoms with E-state index < -0.39 is 0 Å². The SMILES string of the molecule is Cc1cc(CC(NN)c2cc(Cl)ccc2Cl)n(C)n1. The molecule has 1 unspecified atom stereocenters. The summed E-state index contributed by atoms with van der Waals surface area (Å²) in [5.74, 6) is 5.65. The van der Waals surface area contributed by atoms with Crippen LogP contribution in [0.25, 0.3) is 0 Å². The number of hydrogen-bond acceptors (Lipinski definition) is 3. The Morgan fingerprint density at radius 2 is 2.11 bits per heavy atom. The highest BCUT2D eigenvalue weighted by atomic mass is 35.5. The Morgan fingerprint density at radius 1 is 1.37 bits per heavy atom. The number of rotatable bonds is 4. The minimum absolute atomic E-state index is 0.110. The molecule has 1 atom stereocenters. The fourth-order valence-electron chi connectivity index (χ4n) is 2.10. The van der Waals surface area contributed by atoms with Gasteiger partial charge in [-0.15, -0.1) is 0 Å². The standard InChI is InChI=1S/C13H16Cl2N4/c1-8-5-10(19(2)18-8)7-13(17-16)11-6-9(14)3-4-12(11)15/h3-6,13,17H,7,16H2,1-2H3. The van der Waals surface area contributed by atoms with Crippen LogP contribution in [0.15, 0.2) is 24.3 Å². The van der Waals surface area contributed by atoms with Crippen LogP contribution in [0.3, 0.4) is 0 Å². The summed E-state index contributed by atoms with van der Waals surface area (Å²) >= 11 is 12.2. The number of nitrogens with zero attached hydrogens (tertiary/aromatic N) is 2. The van der Waals surface area contributed by atoms with Gasteiger partial charge in [0.1, 0.15) is 0 Å². The molecule has 0 aliphatic heterocycles. The van der Waals surface area contributed by atoms with Gasteiger partial charge in [-0.3, -0.25) is 16.0 Å². The third kappa shape index (κ3) is 3.28. The van der Waals surface area contributed by atoms with Crippen LogP contribution in [0.5, 0.6) is 0 Å². The van der Waals surface area contributed by atoms with E-state index in [1.165, 1.54) is 0 Å². The zero-order chi connectivity index (χ0) is 14.0. The average molecular weight is 299 g/mol. The maximum Gasteiger partial charge on any atom is 0.0596 e. The molecular weight excluding hydrogens is 283 g/mol. The molecule has 0 bridgehead atoms. The Labute approximate surface area is 122 Å². The van der Waals surface area contributed by atoms with Gasteiger partial charge in [-0.1, -0.05) is 23.2 Å². The molecule has 2 rings (SSSR count). The van der Waals surface area contributed by atoms with E-state index in [4.69, 9.17) is 29.0 Å². The van der Waals surface area contributed by atoms with E-state index in [0.29, 0.717) is 16.5 Å². The van der Waals surface area contributed by atoms with Crippen molar-refractivity contribution in [1.29, 1.82) is 0 Å². The van der Waals surface area contributed by atoms with E-state index >= 15 is 0 Å². The Bertz CT molecular complexity index is 580. The first-order valence-electron chi connectivity index (χ1n) is 5.92. The van der Waals surface area contributed by atoms with Crippen molar-refractivity contribution in [3.8, 4) is 0 Å². The maximum absolute atomic E-state index is 6.20. The fourth-order valence-corrected chi connectivity index (χ4v) is 2.53. The first-order valence-corrected chi connectivity index (χ1v) is 6.67. The second-order valence-electron chi connectivity index (χ2n) is 4.49. The van der Waals surface area contributed by atoms with Crippen molar-refractivity contribution in [3.63, 3.8) is 0 Å². The van der Waals surface area contributed by atoms with Crippen LogP contribution in [-0.4, -0.2) is 9.78 Å². The molecule has 0 aliphatic rings. The number of hydrogen-bond donors (Lipinski definition) is 2. The van der Waals surface area contributed by atoms with E-state index in [1.807, 2.05) is 30.8 Å². The third-order valence-electron chi connectivity index (χ3n) is 3.05. The largest absolute Gasteiger partial charge is 0.272 e. The highest BCUT2D eigenvalue weighted by Gasteiger charge is 2.16. The normalized spacial score (nSPS) is 12.7. The molecule has 0 saturated carbocycles. The Balaban J connectivity index is 2.30. The number of nitrogens with one attached hydrogen (secondary N) is 1. The van der Waals surface area contributed by atoms with E-state index in [2.05, 4.69) is 10.5 Å². The van der Waals surface area contributed by atoms with Crippen LogP contribution in [0.4, 0.5) is 0 Å². The molecule has 0 radical (unpaired) electrons. The zero-order valence-electron chi connectivity index (χ0n) is 10.8. The van der Waals surface area contributed by atoms with Crippen LogP contribution in [-0.2, 0) is 13.5 Å². The Morgan fingerprint density at radius 3 is 2.68 bits per heavy atom. The molecule has 4 nitrogen and oxygen atoms in total. The third-order valence-corrected chi connectivity index (χ3v) is 3.63. The van der Waals surface area contributed by atoms with Gasteiger partial charge in [-0.25, -0.2) is 0 Å². The van der Waals surface area contributed by atoms with Gasteiger partial charge in [0.2, 0.25) is 0 Å². The predicted molar refractivity (Wildman–Crippen MR) is 78.2 cm³/mol. The van der Waals surface area contributed by atoms with Gasteiger partial charge in [0.05, 0.1) is 11.7 Å². The second kappa shape index (κ2) is 5.92. The maximum atomic E-state index is 6.20. The number of nitrogens with two attached hydrogens (primary N) is 1. The number of aromatic nitrogens is 2. The van der Waals surface area contributed by atoms with Crippen LogP contribution in [0, 0.1) is 6.92 Å². The topological polar surface area (TPSA) is 55.9 Å². The van der Waals surface area contributed by atoms with Crippen molar-refractivity contribution in [3.05, 3.63) is 51.3 Å². The summed E-state index contributed by atoms with van der Waals surface area (Å²) in [4.78, 5) is 0. The number of benzene rings is 1. The molecule has 102 valence electrons. The van der Waals surface area contributed by atoms with Crippen molar-refractivity contribution in [2.45, 2.75) is 19.4 Å². The molecule has 0 amide bonds. The van der Waals surface area contributed by atoms with Crippen molar-refractivity contribution in [1.82, 2.24) is 15.2 Å². The molecule has 19 heavy (non-hydrogen) atoms. The summed E-state index contributed by atoms with van der Waals surface area (Å²) in [6, 6.07) is 7.29. The highest BCUT2D eigenvalue weighted by Crippen LogP contribution is 2.28. The second-order valence-corrected chi connectivity index (χ2v) is 5.33. The molecule has 2 aromatic rings. The van der Waals surface area contributed by atoms with Gasteiger partial charge in [-0.05, 0) is 36.8 Å². The van der Waals surface area contributed by atoms with Crippen LogP contribution in [0.2, 0.25) is 10.0 Å². The van der Waals surface area contributed by atoms with Crippen molar-refractivity contribution in [2.24, 2.45) is 12.9 Å². The summed E-state index contributed by atoms with van der Waals surface area (Å²) in [6.45, 7) is 1.96. The van der Waals surface area contributed by atoms with E-state index in [1.54, 1.807) is 12.1 Å². The molecule has 1 aromatic heterocycles. The molecule has 6 heteroatoms. The van der Waals surface area contributed by atoms with Crippen LogP contribution < -0.4 is 11.3 Å². The molecule has 0 aliphatic carbocycles. The minimum Gasteiger partial charge on any atom is -0.272 e. The summed E-state index contributed by atoms with van der Waals surface area (Å²) in [6.07, 6.45) is 0.688. The molecule has 1 aromatic carbocycles. The van der Waals surface area contributed by atoms with Crippen molar-refractivity contribution < 1.29 is 0 Å². The highest BCUT2D eigenvalue weighted by molar-refractivity contribution is 6.33. The van der Waals surface area contributed by atoms with Gasteiger partial charge in [0.25, 0.3) is 0 Å². The van der Waals surface area contributed by atoms with E-state index in [-0.39, 0.29) is 6.04 Å².